The van der Waals surface area contributed by atoms with Gasteiger partial charge in [0.05, 0.1) is 12.5 Å². The van der Waals surface area contributed by atoms with Crippen LogP contribution in [0.15, 0.2) is 54.6 Å². The Morgan fingerprint density at radius 2 is 1.87 bits per heavy atom. The maximum atomic E-state index is 12.1. The van der Waals surface area contributed by atoms with E-state index in [-0.39, 0.29) is 30.1 Å². The van der Waals surface area contributed by atoms with E-state index in [1.807, 2.05) is 24.3 Å². The van der Waals surface area contributed by atoms with Crippen LogP contribution in [0.4, 0.5) is 0 Å². The highest BCUT2D eigenvalue weighted by Crippen LogP contribution is 2.33. The lowest BCUT2D eigenvalue weighted by molar-refractivity contribution is -0.120. The summed E-state index contributed by atoms with van der Waals surface area (Å²) in [5.41, 5.74) is 1.80. The summed E-state index contributed by atoms with van der Waals surface area (Å²) in [4.78, 5) is 12.1. The molecule has 2 atom stereocenters. The van der Waals surface area contributed by atoms with E-state index in [1.165, 1.54) is 0 Å². The second-order valence-electron chi connectivity index (χ2n) is 5.86. The minimum Gasteiger partial charge on any atom is -0.508 e. The van der Waals surface area contributed by atoms with Crippen molar-refractivity contribution in [2.24, 2.45) is 5.92 Å². The van der Waals surface area contributed by atoms with Crippen LogP contribution in [0.3, 0.4) is 0 Å². The standard InChI is InChI=1S/C19H21NO3/c21-17-9-5-4-8-15(17)12-18(22)20-13-16-10-11-23-19(16)14-6-2-1-3-7-14/h1-9,16,19,21H,10-13H2,(H,20,22). The molecule has 2 N–H and O–H groups in total. The highest BCUT2D eigenvalue weighted by Gasteiger charge is 2.29. The van der Waals surface area contributed by atoms with Crippen LogP contribution in [-0.4, -0.2) is 24.2 Å². The Hall–Kier alpha value is -2.33. The molecular weight excluding hydrogens is 290 g/mol. The monoisotopic (exact) mass is 311 g/mol. The molecule has 4 heteroatoms. The first kappa shape index (κ1) is 15.6. The number of para-hydroxylation sites is 1. The van der Waals surface area contributed by atoms with E-state index in [1.54, 1.807) is 18.2 Å². The molecule has 1 saturated heterocycles. The lowest BCUT2D eigenvalue weighted by Gasteiger charge is -2.19. The van der Waals surface area contributed by atoms with Gasteiger partial charge in [-0.2, -0.15) is 0 Å². The Balaban J connectivity index is 1.55. The zero-order chi connectivity index (χ0) is 16.1. The second-order valence-corrected chi connectivity index (χ2v) is 5.86. The van der Waals surface area contributed by atoms with Crippen LogP contribution in [0, 0.1) is 5.92 Å². The summed E-state index contributed by atoms with van der Waals surface area (Å²) in [6.07, 6.45) is 1.17. The molecule has 0 saturated carbocycles. The van der Waals surface area contributed by atoms with Crippen molar-refractivity contribution >= 4 is 5.91 Å². The molecule has 0 bridgehead atoms. The molecule has 2 unspecified atom stereocenters. The van der Waals surface area contributed by atoms with Gasteiger partial charge in [-0.25, -0.2) is 0 Å². The fourth-order valence-electron chi connectivity index (χ4n) is 2.99. The molecule has 2 aromatic rings. The van der Waals surface area contributed by atoms with E-state index >= 15 is 0 Å². The number of carbonyl (C=O) groups excluding carboxylic acids is 1. The third-order valence-electron chi connectivity index (χ3n) is 4.25. The predicted octanol–water partition coefficient (Wildman–Crippen LogP) is 2.83. The van der Waals surface area contributed by atoms with Crippen molar-refractivity contribution in [1.29, 1.82) is 0 Å². The van der Waals surface area contributed by atoms with Crippen molar-refractivity contribution in [3.8, 4) is 5.75 Å². The summed E-state index contributed by atoms with van der Waals surface area (Å²) in [5.74, 6) is 0.366. The van der Waals surface area contributed by atoms with E-state index in [0.717, 1.165) is 18.6 Å². The average Bonchev–Trinajstić information content (AvgIpc) is 3.04. The summed E-state index contributed by atoms with van der Waals surface area (Å²) in [6, 6.07) is 17.0. The zero-order valence-electron chi connectivity index (χ0n) is 12.9. The lowest BCUT2D eigenvalue weighted by Crippen LogP contribution is -2.31. The number of phenols is 1. The van der Waals surface area contributed by atoms with Gasteiger partial charge in [0.15, 0.2) is 0 Å². The van der Waals surface area contributed by atoms with Crippen molar-refractivity contribution in [3.63, 3.8) is 0 Å². The van der Waals surface area contributed by atoms with Gasteiger partial charge in [-0.3, -0.25) is 4.79 Å². The van der Waals surface area contributed by atoms with Crippen LogP contribution in [0.25, 0.3) is 0 Å². The number of hydrogen-bond donors (Lipinski definition) is 2. The van der Waals surface area contributed by atoms with Crippen molar-refractivity contribution < 1.29 is 14.6 Å². The highest BCUT2D eigenvalue weighted by atomic mass is 16.5. The van der Waals surface area contributed by atoms with Crippen LogP contribution in [0.5, 0.6) is 5.75 Å². The molecule has 0 aliphatic carbocycles. The largest absolute Gasteiger partial charge is 0.508 e. The molecule has 0 radical (unpaired) electrons. The summed E-state index contributed by atoms with van der Waals surface area (Å²) in [5, 5.41) is 12.7. The fraction of sp³-hybridized carbons (Fsp3) is 0.316. The van der Waals surface area contributed by atoms with Gasteiger partial charge >= 0.3 is 0 Å². The number of rotatable bonds is 5. The van der Waals surface area contributed by atoms with Gasteiger partial charge in [0, 0.05) is 24.6 Å². The Labute approximate surface area is 136 Å². The molecule has 0 aromatic heterocycles. The van der Waals surface area contributed by atoms with Crippen molar-refractivity contribution in [1.82, 2.24) is 5.32 Å². The minimum absolute atomic E-state index is 0.0432. The van der Waals surface area contributed by atoms with Crippen molar-refractivity contribution in [2.45, 2.75) is 18.9 Å². The van der Waals surface area contributed by atoms with E-state index in [9.17, 15) is 9.90 Å². The molecule has 1 amide bonds. The molecule has 3 rings (SSSR count). The van der Waals surface area contributed by atoms with Crippen LogP contribution in [0.1, 0.15) is 23.7 Å². The molecule has 1 heterocycles. The molecule has 23 heavy (non-hydrogen) atoms. The molecule has 2 aromatic carbocycles. The smallest absolute Gasteiger partial charge is 0.224 e. The quantitative estimate of drug-likeness (QED) is 0.892. The van der Waals surface area contributed by atoms with Gasteiger partial charge in [0.1, 0.15) is 5.75 Å². The normalized spacial score (nSPS) is 20.3. The van der Waals surface area contributed by atoms with Gasteiger partial charge in [0.2, 0.25) is 5.91 Å². The molecular formula is C19H21NO3. The number of phenolic OH excluding ortho intramolecular Hbond substituents is 1. The molecule has 120 valence electrons. The molecule has 0 spiro atoms. The fourth-order valence-corrected chi connectivity index (χ4v) is 2.99. The van der Waals surface area contributed by atoms with E-state index < -0.39 is 0 Å². The number of hydrogen-bond acceptors (Lipinski definition) is 3. The first-order valence-corrected chi connectivity index (χ1v) is 7.94. The molecule has 1 fully saturated rings. The van der Waals surface area contributed by atoms with Crippen LogP contribution in [-0.2, 0) is 16.0 Å². The number of carbonyl (C=O) groups is 1. The summed E-state index contributed by atoms with van der Waals surface area (Å²) in [6.45, 7) is 1.31. The number of benzene rings is 2. The number of ether oxygens (including phenoxy) is 1. The minimum atomic E-state index is -0.0785. The van der Waals surface area contributed by atoms with Crippen LogP contribution in [0.2, 0.25) is 0 Å². The van der Waals surface area contributed by atoms with Crippen molar-refractivity contribution in [3.05, 3.63) is 65.7 Å². The van der Waals surface area contributed by atoms with Crippen LogP contribution < -0.4 is 5.32 Å². The summed E-state index contributed by atoms with van der Waals surface area (Å²) in [7, 11) is 0. The summed E-state index contributed by atoms with van der Waals surface area (Å²) >= 11 is 0. The molecule has 1 aliphatic heterocycles. The number of amides is 1. The van der Waals surface area contributed by atoms with Gasteiger partial charge in [-0.15, -0.1) is 0 Å². The summed E-state index contributed by atoms with van der Waals surface area (Å²) < 4.78 is 5.83. The Morgan fingerprint density at radius 3 is 2.65 bits per heavy atom. The molecule has 1 aliphatic rings. The number of nitrogens with one attached hydrogen (secondary N) is 1. The topological polar surface area (TPSA) is 58.6 Å². The lowest BCUT2D eigenvalue weighted by atomic mass is 9.95. The maximum absolute atomic E-state index is 12.1. The van der Waals surface area contributed by atoms with Gasteiger partial charge in [0.25, 0.3) is 0 Å². The van der Waals surface area contributed by atoms with Gasteiger partial charge in [-0.1, -0.05) is 48.5 Å². The maximum Gasteiger partial charge on any atom is 0.224 e. The first-order chi connectivity index (χ1) is 11.2. The second kappa shape index (κ2) is 7.29. The van der Waals surface area contributed by atoms with E-state index in [0.29, 0.717) is 12.1 Å². The number of aromatic hydroxyl groups is 1. The predicted molar refractivity (Wildman–Crippen MR) is 88.1 cm³/mol. The first-order valence-electron chi connectivity index (χ1n) is 7.94. The van der Waals surface area contributed by atoms with Crippen molar-refractivity contribution in [2.75, 3.05) is 13.2 Å². The van der Waals surface area contributed by atoms with E-state index in [2.05, 4.69) is 17.4 Å². The SMILES string of the molecule is O=C(Cc1ccccc1O)NCC1CCOC1c1ccccc1. The zero-order valence-corrected chi connectivity index (χ0v) is 12.9. The van der Waals surface area contributed by atoms with E-state index in [4.69, 9.17) is 4.74 Å². The highest BCUT2D eigenvalue weighted by molar-refractivity contribution is 5.79. The Bertz CT molecular complexity index is 657. The van der Waals surface area contributed by atoms with Gasteiger partial charge < -0.3 is 15.2 Å². The van der Waals surface area contributed by atoms with Crippen LogP contribution >= 0.6 is 0 Å². The molecule has 4 nitrogen and oxygen atoms in total. The van der Waals surface area contributed by atoms with Gasteiger partial charge in [-0.05, 0) is 18.1 Å². The Kier molecular flexibility index (Phi) is 4.93. The average molecular weight is 311 g/mol. The Morgan fingerprint density at radius 1 is 1.13 bits per heavy atom. The third kappa shape index (κ3) is 3.90. The third-order valence-corrected chi connectivity index (χ3v) is 4.25.